The zero-order chi connectivity index (χ0) is 15.7. The van der Waals surface area contributed by atoms with Crippen molar-refractivity contribution in [2.45, 2.75) is 18.9 Å². The van der Waals surface area contributed by atoms with Crippen molar-refractivity contribution < 1.29 is 14.0 Å². The van der Waals surface area contributed by atoms with Gasteiger partial charge in [0.1, 0.15) is 12.1 Å². The van der Waals surface area contributed by atoms with Gasteiger partial charge in [-0.25, -0.2) is 4.39 Å². The van der Waals surface area contributed by atoms with Crippen LogP contribution in [0.3, 0.4) is 0 Å². The van der Waals surface area contributed by atoms with Crippen molar-refractivity contribution in [3.8, 4) is 0 Å². The fraction of sp³-hybridized carbons (Fsp3) is 0.375. The Morgan fingerprint density at radius 2 is 2.27 bits per heavy atom. The van der Waals surface area contributed by atoms with E-state index in [1.807, 2.05) is 0 Å². The summed E-state index contributed by atoms with van der Waals surface area (Å²) in [6.07, 6.45) is 5.07. The van der Waals surface area contributed by atoms with Gasteiger partial charge in [-0.2, -0.15) is 0 Å². The van der Waals surface area contributed by atoms with Crippen LogP contribution in [0.2, 0.25) is 5.02 Å². The molecule has 0 N–H and O–H groups in total. The molecule has 22 heavy (non-hydrogen) atoms. The molecule has 1 aromatic carbocycles. The molecule has 3 aliphatic rings. The van der Waals surface area contributed by atoms with Gasteiger partial charge in [0.15, 0.2) is 0 Å². The standard InChI is InChI=1S/C16H15ClFNO2S/c17-12-5-11(6-13(18)7-12)16(21)22-9-10-3-14-8-15(4-10)19(14)1-2-20/h2-3,5-7,10,15H,1,4,8-9H2/t10-,15?/m1/s1. The fourth-order valence-corrected chi connectivity index (χ4v) is 4.16. The molecule has 1 unspecified atom stereocenters. The van der Waals surface area contributed by atoms with E-state index in [4.69, 9.17) is 11.6 Å². The third-order valence-electron chi connectivity index (χ3n) is 4.06. The maximum absolute atomic E-state index is 13.3. The molecule has 1 aliphatic carbocycles. The molecule has 2 heterocycles. The molecule has 116 valence electrons. The van der Waals surface area contributed by atoms with Gasteiger partial charge in [0.2, 0.25) is 5.12 Å². The molecule has 0 aromatic heterocycles. The minimum atomic E-state index is -0.498. The molecule has 0 amide bonds. The van der Waals surface area contributed by atoms with Crippen LogP contribution in [0.1, 0.15) is 23.2 Å². The third kappa shape index (κ3) is 3.20. The number of thioether (sulfide) groups is 1. The predicted octanol–water partition coefficient (Wildman–Crippen LogP) is 3.53. The number of allylic oxidation sites excluding steroid dienone is 1. The van der Waals surface area contributed by atoms with E-state index in [9.17, 15) is 14.0 Å². The highest BCUT2D eigenvalue weighted by atomic mass is 35.5. The summed E-state index contributed by atoms with van der Waals surface area (Å²) in [6.45, 7) is 0.455. The lowest BCUT2D eigenvalue weighted by Crippen LogP contribution is -2.50. The fourth-order valence-electron chi connectivity index (χ4n) is 3.06. The van der Waals surface area contributed by atoms with Crippen molar-refractivity contribution in [2.24, 2.45) is 5.92 Å². The molecule has 1 saturated heterocycles. The molecule has 0 spiro atoms. The van der Waals surface area contributed by atoms with Crippen LogP contribution in [0.5, 0.6) is 0 Å². The Balaban J connectivity index is 1.57. The van der Waals surface area contributed by atoms with Gasteiger partial charge in [-0.1, -0.05) is 29.4 Å². The Kier molecular flexibility index (Phi) is 4.54. The molecule has 2 atom stereocenters. The van der Waals surface area contributed by atoms with E-state index >= 15 is 0 Å². The van der Waals surface area contributed by atoms with E-state index in [1.165, 1.54) is 35.7 Å². The number of benzene rings is 1. The van der Waals surface area contributed by atoms with E-state index in [0.717, 1.165) is 19.1 Å². The van der Waals surface area contributed by atoms with Crippen LogP contribution in [0, 0.1) is 11.7 Å². The Morgan fingerprint density at radius 3 is 2.91 bits per heavy atom. The van der Waals surface area contributed by atoms with Crippen molar-refractivity contribution in [3.63, 3.8) is 0 Å². The van der Waals surface area contributed by atoms with Crippen molar-refractivity contribution in [1.82, 2.24) is 4.90 Å². The Hall–Kier alpha value is -1.33. The topological polar surface area (TPSA) is 37.4 Å². The predicted molar refractivity (Wildman–Crippen MR) is 85.6 cm³/mol. The lowest BCUT2D eigenvalue weighted by Gasteiger charge is -2.49. The van der Waals surface area contributed by atoms with Crippen molar-refractivity contribution in [1.29, 1.82) is 0 Å². The first kappa shape index (κ1) is 15.6. The lowest BCUT2D eigenvalue weighted by molar-refractivity contribution is -0.110. The number of nitrogens with zero attached hydrogens (tertiary/aromatic N) is 1. The van der Waals surface area contributed by atoms with E-state index < -0.39 is 5.82 Å². The Bertz CT molecular complexity index is 629. The second kappa shape index (κ2) is 6.42. The van der Waals surface area contributed by atoms with Gasteiger partial charge in [-0.05, 0) is 30.5 Å². The molecule has 2 bridgehead atoms. The molecular weight excluding hydrogens is 325 g/mol. The van der Waals surface area contributed by atoms with Gasteiger partial charge in [-0.15, -0.1) is 0 Å². The third-order valence-corrected chi connectivity index (χ3v) is 5.37. The van der Waals surface area contributed by atoms with E-state index in [2.05, 4.69) is 11.0 Å². The number of hydrogen-bond donors (Lipinski definition) is 0. The van der Waals surface area contributed by atoms with E-state index in [-0.39, 0.29) is 10.1 Å². The van der Waals surface area contributed by atoms with Crippen LogP contribution in [-0.2, 0) is 4.79 Å². The molecule has 1 aromatic rings. The largest absolute Gasteiger partial charge is 0.365 e. The van der Waals surface area contributed by atoms with Crippen LogP contribution in [-0.4, -0.2) is 34.6 Å². The van der Waals surface area contributed by atoms with Gasteiger partial charge in [0.05, 0.1) is 6.54 Å². The average molecular weight is 340 g/mol. The minimum Gasteiger partial charge on any atom is -0.365 e. The summed E-state index contributed by atoms with van der Waals surface area (Å²) in [5.41, 5.74) is 1.50. The van der Waals surface area contributed by atoms with Crippen LogP contribution in [0.4, 0.5) is 4.39 Å². The summed E-state index contributed by atoms with van der Waals surface area (Å²) in [6, 6.07) is 4.31. The van der Waals surface area contributed by atoms with Crippen molar-refractivity contribution >= 4 is 34.8 Å². The number of carbonyl (C=O) groups excluding carboxylic acids is 2. The van der Waals surface area contributed by atoms with Crippen LogP contribution in [0.25, 0.3) is 0 Å². The summed E-state index contributed by atoms with van der Waals surface area (Å²) in [5, 5.41) is 0.0679. The second-order valence-electron chi connectivity index (χ2n) is 5.59. The Morgan fingerprint density at radius 1 is 1.45 bits per heavy atom. The van der Waals surface area contributed by atoms with Crippen molar-refractivity contribution in [2.75, 3.05) is 12.3 Å². The zero-order valence-electron chi connectivity index (χ0n) is 11.8. The normalized spacial score (nSPS) is 22.8. The first-order valence-corrected chi connectivity index (χ1v) is 8.47. The van der Waals surface area contributed by atoms with Gasteiger partial charge in [0.25, 0.3) is 0 Å². The summed E-state index contributed by atoms with van der Waals surface area (Å²) in [4.78, 5) is 24.8. The number of rotatable bonds is 5. The Labute approximate surface area is 137 Å². The SMILES string of the molecule is O=CCN1C2=C[C@@H](CSC(=O)c3cc(F)cc(Cl)c3)CC1C2. The smallest absolute Gasteiger partial charge is 0.219 e. The van der Waals surface area contributed by atoms with Gasteiger partial charge < -0.3 is 9.69 Å². The van der Waals surface area contributed by atoms with Gasteiger partial charge in [0, 0.05) is 34.5 Å². The summed E-state index contributed by atoms with van der Waals surface area (Å²) < 4.78 is 13.3. The molecule has 2 aliphatic heterocycles. The zero-order valence-corrected chi connectivity index (χ0v) is 13.4. The van der Waals surface area contributed by atoms with Gasteiger partial charge in [-0.3, -0.25) is 4.79 Å². The number of halogens is 2. The highest BCUT2D eigenvalue weighted by molar-refractivity contribution is 8.14. The maximum atomic E-state index is 13.3. The summed E-state index contributed by atoms with van der Waals surface area (Å²) >= 11 is 6.96. The monoisotopic (exact) mass is 339 g/mol. The average Bonchev–Trinajstić information content (AvgIpc) is 2.49. The van der Waals surface area contributed by atoms with E-state index in [0.29, 0.717) is 29.8 Å². The maximum Gasteiger partial charge on any atom is 0.219 e. The summed E-state index contributed by atoms with van der Waals surface area (Å²) in [5.74, 6) is 0.499. The highest BCUT2D eigenvalue weighted by Crippen LogP contribution is 2.40. The van der Waals surface area contributed by atoms with E-state index in [1.54, 1.807) is 0 Å². The number of hydrogen-bond acceptors (Lipinski definition) is 4. The minimum absolute atomic E-state index is 0.163. The number of aldehydes is 1. The quantitative estimate of drug-likeness (QED) is 0.769. The molecule has 3 nitrogen and oxygen atoms in total. The molecule has 0 radical (unpaired) electrons. The second-order valence-corrected chi connectivity index (χ2v) is 7.02. The van der Waals surface area contributed by atoms with Crippen LogP contribution >= 0.6 is 23.4 Å². The first-order chi connectivity index (χ1) is 10.6. The van der Waals surface area contributed by atoms with Crippen molar-refractivity contribution in [3.05, 3.63) is 46.4 Å². The highest BCUT2D eigenvalue weighted by Gasteiger charge is 2.38. The molecule has 4 rings (SSSR count). The first-order valence-electron chi connectivity index (χ1n) is 7.11. The van der Waals surface area contributed by atoms with Crippen LogP contribution < -0.4 is 0 Å². The number of carbonyl (C=O) groups is 2. The molecule has 1 fully saturated rings. The molecule has 6 heteroatoms. The molecule has 0 saturated carbocycles. The lowest BCUT2D eigenvalue weighted by atomic mass is 9.82. The molecular formula is C16H15ClFNO2S. The summed E-state index contributed by atoms with van der Waals surface area (Å²) in [7, 11) is 0. The van der Waals surface area contributed by atoms with Crippen LogP contribution in [0.15, 0.2) is 30.0 Å². The number of fused-ring (bicyclic) bond motifs is 2. The van der Waals surface area contributed by atoms with Gasteiger partial charge >= 0.3 is 0 Å².